The third-order valence-electron chi connectivity index (χ3n) is 5.22. The first kappa shape index (κ1) is 11.0. The van der Waals surface area contributed by atoms with E-state index in [1.807, 2.05) is 0 Å². The van der Waals surface area contributed by atoms with Crippen LogP contribution in [0.2, 0.25) is 0 Å². The Labute approximate surface area is 99.6 Å². The van der Waals surface area contributed by atoms with Crippen molar-refractivity contribution in [1.29, 1.82) is 0 Å². The predicted molar refractivity (Wildman–Crippen MR) is 67.2 cm³/mol. The van der Waals surface area contributed by atoms with E-state index in [-0.39, 0.29) is 0 Å². The van der Waals surface area contributed by atoms with Crippen molar-refractivity contribution in [2.45, 2.75) is 51.0 Å². The topological polar surface area (TPSA) is 29.3 Å². The quantitative estimate of drug-likeness (QED) is 0.776. The zero-order chi connectivity index (χ0) is 11.0. The molecule has 1 heterocycles. The number of nitrogens with zero attached hydrogens (tertiary/aromatic N) is 1. The fourth-order valence-electron chi connectivity index (χ4n) is 4.32. The van der Waals surface area contributed by atoms with Crippen LogP contribution in [0.4, 0.5) is 0 Å². The van der Waals surface area contributed by atoms with Gasteiger partial charge in [0.05, 0.1) is 0 Å². The van der Waals surface area contributed by atoms with E-state index in [0.29, 0.717) is 6.04 Å². The van der Waals surface area contributed by atoms with Gasteiger partial charge in [0.15, 0.2) is 0 Å². The van der Waals surface area contributed by atoms with Gasteiger partial charge < -0.3 is 10.6 Å². The standard InChI is InChI=1S/C14H26N2/c15-14-7-3-6-12-9-16(10-13(12)14)8-11-4-1-2-5-11/h11-14H,1-10,15H2. The van der Waals surface area contributed by atoms with Crippen molar-refractivity contribution in [1.82, 2.24) is 4.90 Å². The maximum Gasteiger partial charge on any atom is 0.00825 e. The third-order valence-corrected chi connectivity index (χ3v) is 5.22. The molecule has 1 aliphatic heterocycles. The second-order valence-electron chi connectivity index (χ2n) is 6.39. The molecule has 16 heavy (non-hydrogen) atoms. The minimum atomic E-state index is 0.507. The number of rotatable bonds is 2. The molecule has 0 aromatic heterocycles. The van der Waals surface area contributed by atoms with Gasteiger partial charge in [-0.1, -0.05) is 19.3 Å². The fourth-order valence-corrected chi connectivity index (χ4v) is 4.32. The van der Waals surface area contributed by atoms with Gasteiger partial charge >= 0.3 is 0 Å². The SMILES string of the molecule is NC1CCCC2CN(CC3CCCC3)CC12. The molecule has 2 heteroatoms. The molecule has 2 saturated carbocycles. The monoisotopic (exact) mass is 222 g/mol. The number of nitrogens with two attached hydrogens (primary N) is 1. The maximum absolute atomic E-state index is 6.26. The Bertz CT molecular complexity index is 235. The van der Waals surface area contributed by atoms with Crippen LogP contribution >= 0.6 is 0 Å². The molecule has 3 atom stereocenters. The first-order valence-corrected chi connectivity index (χ1v) is 7.31. The zero-order valence-electron chi connectivity index (χ0n) is 10.4. The molecule has 2 nitrogen and oxygen atoms in total. The van der Waals surface area contributed by atoms with Crippen molar-refractivity contribution in [3.63, 3.8) is 0 Å². The molecule has 0 spiro atoms. The van der Waals surface area contributed by atoms with Gasteiger partial charge in [-0.25, -0.2) is 0 Å². The van der Waals surface area contributed by atoms with Gasteiger partial charge in [0.2, 0.25) is 0 Å². The summed E-state index contributed by atoms with van der Waals surface area (Å²) in [7, 11) is 0. The third kappa shape index (κ3) is 2.14. The Hall–Kier alpha value is -0.0800. The summed E-state index contributed by atoms with van der Waals surface area (Å²) in [6.45, 7) is 4.04. The molecule has 3 rings (SSSR count). The minimum Gasteiger partial charge on any atom is -0.327 e. The van der Waals surface area contributed by atoms with Gasteiger partial charge in [-0.05, 0) is 43.4 Å². The lowest BCUT2D eigenvalue weighted by molar-refractivity contribution is 0.256. The van der Waals surface area contributed by atoms with Gasteiger partial charge in [-0.2, -0.15) is 0 Å². The molecule has 3 fully saturated rings. The second kappa shape index (κ2) is 4.66. The van der Waals surface area contributed by atoms with E-state index < -0.39 is 0 Å². The van der Waals surface area contributed by atoms with Crippen LogP contribution in [0, 0.1) is 17.8 Å². The summed E-state index contributed by atoms with van der Waals surface area (Å²) in [4.78, 5) is 2.73. The number of hydrogen-bond donors (Lipinski definition) is 1. The summed E-state index contributed by atoms with van der Waals surface area (Å²) >= 11 is 0. The molecule has 3 aliphatic rings. The summed E-state index contributed by atoms with van der Waals surface area (Å²) < 4.78 is 0. The molecule has 0 aromatic rings. The first-order chi connectivity index (χ1) is 7.83. The maximum atomic E-state index is 6.26. The lowest BCUT2D eigenvalue weighted by Gasteiger charge is -2.29. The van der Waals surface area contributed by atoms with E-state index in [2.05, 4.69) is 4.90 Å². The van der Waals surface area contributed by atoms with Crippen molar-refractivity contribution in [2.24, 2.45) is 23.5 Å². The van der Waals surface area contributed by atoms with Gasteiger partial charge in [0, 0.05) is 25.7 Å². The van der Waals surface area contributed by atoms with Crippen LogP contribution in [0.15, 0.2) is 0 Å². The molecule has 0 amide bonds. The van der Waals surface area contributed by atoms with Gasteiger partial charge in [0.25, 0.3) is 0 Å². The average Bonchev–Trinajstić information content (AvgIpc) is 2.88. The normalized spacial score (nSPS) is 41.4. The van der Waals surface area contributed by atoms with E-state index in [1.54, 1.807) is 0 Å². The summed E-state index contributed by atoms with van der Waals surface area (Å²) in [5, 5.41) is 0. The van der Waals surface area contributed by atoms with E-state index >= 15 is 0 Å². The van der Waals surface area contributed by atoms with Crippen LogP contribution in [0.3, 0.4) is 0 Å². The highest BCUT2D eigenvalue weighted by molar-refractivity contribution is 4.93. The Balaban J connectivity index is 1.54. The lowest BCUT2D eigenvalue weighted by atomic mass is 9.78. The minimum absolute atomic E-state index is 0.507. The van der Waals surface area contributed by atoms with Gasteiger partial charge in [0.1, 0.15) is 0 Å². The van der Waals surface area contributed by atoms with Crippen molar-refractivity contribution >= 4 is 0 Å². The molecule has 2 N–H and O–H groups in total. The van der Waals surface area contributed by atoms with Crippen LogP contribution in [0.1, 0.15) is 44.9 Å². The Morgan fingerprint density at radius 1 is 0.938 bits per heavy atom. The van der Waals surface area contributed by atoms with Crippen LogP contribution in [0.5, 0.6) is 0 Å². The average molecular weight is 222 g/mol. The second-order valence-corrected chi connectivity index (χ2v) is 6.39. The van der Waals surface area contributed by atoms with Crippen LogP contribution < -0.4 is 5.73 Å². The highest BCUT2D eigenvalue weighted by Crippen LogP contribution is 2.36. The van der Waals surface area contributed by atoms with Crippen LogP contribution in [-0.4, -0.2) is 30.6 Å². The van der Waals surface area contributed by atoms with Crippen LogP contribution in [-0.2, 0) is 0 Å². The van der Waals surface area contributed by atoms with E-state index in [4.69, 9.17) is 5.73 Å². The van der Waals surface area contributed by atoms with Crippen molar-refractivity contribution in [3.05, 3.63) is 0 Å². The highest BCUT2D eigenvalue weighted by atomic mass is 15.2. The molecule has 0 aromatic carbocycles. The summed E-state index contributed by atoms with van der Waals surface area (Å²) in [5.41, 5.74) is 6.26. The molecular formula is C14H26N2. The zero-order valence-corrected chi connectivity index (χ0v) is 10.4. The molecule has 0 bridgehead atoms. The van der Waals surface area contributed by atoms with Crippen molar-refractivity contribution in [2.75, 3.05) is 19.6 Å². The molecule has 92 valence electrons. The van der Waals surface area contributed by atoms with Gasteiger partial charge in [-0.15, -0.1) is 0 Å². The summed E-state index contributed by atoms with van der Waals surface area (Å²) in [5.74, 6) is 2.77. The van der Waals surface area contributed by atoms with E-state index in [0.717, 1.165) is 17.8 Å². The molecule has 0 radical (unpaired) electrons. The number of likely N-dealkylation sites (tertiary alicyclic amines) is 1. The number of hydrogen-bond acceptors (Lipinski definition) is 2. The fraction of sp³-hybridized carbons (Fsp3) is 1.00. The Morgan fingerprint density at radius 2 is 1.75 bits per heavy atom. The van der Waals surface area contributed by atoms with E-state index in [1.165, 1.54) is 64.6 Å². The Morgan fingerprint density at radius 3 is 2.50 bits per heavy atom. The largest absolute Gasteiger partial charge is 0.327 e. The molecule has 1 saturated heterocycles. The predicted octanol–water partition coefficient (Wildman–Crippen LogP) is 2.24. The van der Waals surface area contributed by atoms with Crippen molar-refractivity contribution < 1.29 is 0 Å². The highest BCUT2D eigenvalue weighted by Gasteiger charge is 2.39. The summed E-state index contributed by atoms with van der Waals surface area (Å²) in [6, 6.07) is 0.507. The lowest BCUT2D eigenvalue weighted by Crippen LogP contribution is -2.38. The smallest absolute Gasteiger partial charge is 0.00825 e. The van der Waals surface area contributed by atoms with Crippen LogP contribution in [0.25, 0.3) is 0 Å². The molecular weight excluding hydrogens is 196 g/mol. The van der Waals surface area contributed by atoms with Gasteiger partial charge in [-0.3, -0.25) is 0 Å². The summed E-state index contributed by atoms with van der Waals surface area (Å²) in [6.07, 6.45) is 10.0. The van der Waals surface area contributed by atoms with E-state index in [9.17, 15) is 0 Å². The Kier molecular flexibility index (Phi) is 3.21. The number of fused-ring (bicyclic) bond motifs is 1. The first-order valence-electron chi connectivity index (χ1n) is 7.31. The molecule has 3 unspecified atom stereocenters. The van der Waals surface area contributed by atoms with Crippen molar-refractivity contribution in [3.8, 4) is 0 Å². The molecule has 2 aliphatic carbocycles.